The van der Waals surface area contributed by atoms with Crippen molar-refractivity contribution in [1.29, 1.82) is 0 Å². The summed E-state index contributed by atoms with van der Waals surface area (Å²) in [5, 5.41) is 0. The van der Waals surface area contributed by atoms with E-state index in [0.717, 1.165) is 17.7 Å². The summed E-state index contributed by atoms with van der Waals surface area (Å²) in [5.74, 6) is 0.831. The smallest absolute Gasteiger partial charge is 0.147 e. The molecule has 1 aromatic carbocycles. The van der Waals surface area contributed by atoms with Crippen LogP contribution in [-0.2, 0) is 24.5 Å². The number of hydrogen-bond donors (Lipinski definition) is 0. The van der Waals surface area contributed by atoms with Gasteiger partial charge in [0, 0.05) is 25.7 Å². The lowest BCUT2D eigenvalue weighted by atomic mass is 9.79. The Kier molecular flexibility index (Phi) is 4.02. The molecule has 4 nitrogen and oxygen atoms in total. The summed E-state index contributed by atoms with van der Waals surface area (Å²) in [4.78, 5) is 0. The highest BCUT2D eigenvalue weighted by Gasteiger charge is 2.45. The Morgan fingerprint density at radius 2 is 2.10 bits per heavy atom. The van der Waals surface area contributed by atoms with Crippen LogP contribution >= 0.6 is 0 Å². The third kappa shape index (κ3) is 2.59. The summed E-state index contributed by atoms with van der Waals surface area (Å²) in [6, 6.07) is 8.29. The van der Waals surface area contributed by atoms with Gasteiger partial charge in [0.15, 0.2) is 0 Å². The molecule has 1 aromatic rings. The van der Waals surface area contributed by atoms with Gasteiger partial charge in [0.2, 0.25) is 0 Å². The topological polar surface area (TPSA) is 36.9 Å². The van der Waals surface area contributed by atoms with Gasteiger partial charge in [-0.25, -0.2) is 0 Å². The van der Waals surface area contributed by atoms with E-state index >= 15 is 0 Å². The number of benzene rings is 1. The van der Waals surface area contributed by atoms with Crippen molar-refractivity contribution in [2.75, 3.05) is 20.5 Å². The van der Waals surface area contributed by atoms with E-state index in [1.54, 1.807) is 7.11 Å². The lowest BCUT2D eigenvalue weighted by molar-refractivity contribution is -0.130. The number of rotatable bonds is 5. The van der Waals surface area contributed by atoms with Crippen molar-refractivity contribution in [3.8, 4) is 0 Å². The van der Waals surface area contributed by atoms with Crippen molar-refractivity contribution in [3.63, 3.8) is 0 Å². The van der Waals surface area contributed by atoms with Crippen LogP contribution in [0, 0.1) is 0 Å². The third-order valence-corrected chi connectivity index (χ3v) is 4.09. The molecule has 3 atom stereocenters. The molecule has 0 aliphatic carbocycles. The SMILES string of the molecule is CCO[C@H]1C=C2O[C@](C)(C1)c1ccccc1[C@H]2OCOC. The molecule has 0 amide bonds. The Hall–Kier alpha value is -1.36. The van der Waals surface area contributed by atoms with Crippen LogP contribution in [0.25, 0.3) is 0 Å². The van der Waals surface area contributed by atoms with Crippen molar-refractivity contribution in [2.24, 2.45) is 0 Å². The summed E-state index contributed by atoms with van der Waals surface area (Å²) < 4.78 is 22.9. The average Bonchev–Trinajstić information content (AvgIpc) is 2.47. The maximum Gasteiger partial charge on any atom is 0.147 e. The molecule has 2 aliphatic rings. The van der Waals surface area contributed by atoms with Crippen LogP contribution in [-0.4, -0.2) is 26.6 Å². The first-order chi connectivity index (χ1) is 10.2. The molecule has 3 rings (SSSR count). The largest absolute Gasteiger partial charge is 0.484 e. The van der Waals surface area contributed by atoms with Gasteiger partial charge in [0.25, 0.3) is 0 Å². The first-order valence-electron chi connectivity index (χ1n) is 7.40. The molecule has 2 heterocycles. The molecule has 0 spiro atoms. The Morgan fingerprint density at radius 1 is 1.29 bits per heavy atom. The summed E-state index contributed by atoms with van der Waals surface area (Å²) in [6.07, 6.45) is 2.70. The highest BCUT2D eigenvalue weighted by Crippen LogP contribution is 2.49. The second-order valence-electron chi connectivity index (χ2n) is 5.64. The Balaban J connectivity index is 2.02. The minimum atomic E-state index is -0.354. The number of methoxy groups -OCH3 is 1. The molecule has 114 valence electrons. The molecular weight excluding hydrogens is 268 g/mol. The summed E-state index contributed by atoms with van der Waals surface area (Å²) in [5.41, 5.74) is 1.98. The van der Waals surface area contributed by atoms with Crippen molar-refractivity contribution in [1.82, 2.24) is 0 Å². The van der Waals surface area contributed by atoms with Crippen LogP contribution in [0.2, 0.25) is 0 Å². The van der Waals surface area contributed by atoms with Crippen molar-refractivity contribution >= 4 is 0 Å². The standard InChI is InChI=1S/C17H22O4/c1-4-19-12-9-15-16(20-11-18-3)13-7-5-6-8-14(13)17(2,10-12)21-15/h5-9,12,16H,4,10-11H2,1-3H3/t12-,16+,17+/m0/s1. The van der Waals surface area contributed by atoms with Crippen LogP contribution in [0.1, 0.15) is 37.5 Å². The molecule has 0 N–H and O–H groups in total. The maximum absolute atomic E-state index is 6.22. The molecule has 2 aliphatic heterocycles. The molecule has 0 fully saturated rings. The van der Waals surface area contributed by atoms with E-state index in [1.807, 2.05) is 25.1 Å². The predicted octanol–water partition coefficient (Wildman–Crippen LogP) is 3.29. The third-order valence-electron chi connectivity index (χ3n) is 4.09. The van der Waals surface area contributed by atoms with Gasteiger partial charge >= 0.3 is 0 Å². The van der Waals surface area contributed by atoms with E-state index in [1.165, 1.54) is 5.56 Å². The number of fused-ring (bicyclic) bond motifs is 4. The second kappa shape index (κ2) is 5.79. The van der Waals surface area contributed by atoms with Crippen molar-refractivity contribution < 1.29 is 18.9 Å². The quantitative estimate of drug-likeness (QED) is 0.780. The normalized spacial score (nSPS) is 30.3. The fourth-order valence-electron chi connectivity index (χ4n) is 3.26. The van der Waals surface area contributed by atoms with Gasteiger partial charge in [-0.2, -0.15) is 0 Å². The first-order valence-corrected chi connectivity index (χ1v) is 7.40. The van der Waals surface area contributed by atoms with Crippen LogP contribution < -0.4 is 0 Å². The number of ether oxygens (including phenoxy) is 4. The lowest BCUT2D eigenvalue weighted by Gasteiger charge is -2.45. The van der Waals surface area contributed by atoms with E-state index in [9.17, 15) is 0 Å². The Bertz CT molecular complexity index is 539. The monoisotopic (exact) mass is 290 g/mol. The summed E-state index contributed by atoms with van der Waals surface area (Å²) in [7, 11) is 1.62. The fourth-order valence-corrected chi connectivity index (χ4v) is 3.26. The molecule has 0 saturated heterocycles. The molecule has 2 bridgehead atoms. The van der Waals surface area contributed by atoms with E-state index in [-0.39, 0.29) is 24.6 Å². The zero-order chi connectivity index (χ0) is 14.9. The van der Waals surface area contributed by atoms with Gasteiger partial charge < -0.3 is 18.9 Å². The van der Waals surface area contributed by atoms with E-state index < -0.39 is 0 Å². The van der Waals surface area contributed by atoms with Crippen LogP contribution in [0.5, 0.6) is 0 Å². The van der Waals surface area contributed by atoms with Crippen LogP contribution in [0.4, 0.5) is 0 Å². The van der Waals surface area contributed by atoms with E-state index in [2.05, 4.69) is 19.1 Å². The van der Waals surface area contributed by atoms with Gasteiger partial charge in [0.1, 0.15) is 24.3 Å². The van der Waals surface area contributed by atoms with Gasteiger partial charge in [-0.3, -0.25) is 0 Å². The van der Waals surface area contributed by atoms with Crippen molar-refractivity contribution in [2.45, 2.75) is 38.1 Å². The summed E-state index contributed by atoms with van der Waals surface area (Å²) in [6.45, 7) is 5.06. The number of hydrogen-bond acceptors (Lipinski definition) is 4. The van der Waals surface area contributed by atoms with Crippen molar-refractivity contribution in [3.05, 3.63) is 47.2 Å². The minimum absolute atomic E-state index is 0.0609. The van der Waals surface area contributed by atoms with Gasteiger partial charge in [-0.05, 0) is 25.5 Å². The first kappa shape index (κ1) is 14.6. The predicted molar refractivity (Wildman–Crippen MR) is 78.7 cm³/mol. The highest BCUT2D eigenvalue weighted by atomic mass is 16.7. The minimum Gasteiger partial charge on any atom is -0.484 e. The molecule has 21 heavy (non-hydrogen) atoms. The van der Waals surface area contributed by atoms with Gasteiger partial charge in [-0.15, -0.1) is 0 Å². The average molecular weight is 290 g/mol. The zero-order valence-corrected chi connectivity index (χ0v) is 12.8. The maximum atomic E-state index is 6.22. The van der Waals surface area contributed by atoms with Gasteiger partial charge in [-0.1, -0.05) is 24.3 Å². The molecule has 0 aromatic heterocycles. The molecule has 0 radical (unpaired) electrons. The van der Waals surface area contributed by atoms with Crippen LogP contribution in [0.15, 0.2) is 36.1 Å². The van der Waals surface area contributed by atoms with E-state index in [4.69, 9.17) is 18.9 Å². The molecule has 0 saturated carbocycles. The lowest BCUT2D eigenvalue weighted by Crippen LogP contribution is -2.41. The molecule has 0 unspecified atom stereocenters. The fraction of sp³-hybridized carbons (Fsp3) is 0.529. The Labute approximate surface area is 125 Å². The van der Waals surface area contributed by atoms with Crippen LogP contribution in [0.3, 0.4) is 0 Å². The zero-order valence-electron chi connectivity index (χ0n) is 12.8. The van der Waals surface area contributed by atoms with E-state index in [0.29, 0.717) is 6.61 Å². The van der Waals surface area contributed by atoms with Gasteiger partial charge in [0.05, 0.1) is 6.10 Å². The summed E-state index contributed by atoms with van der Waals surface area (Å²) >= 11 is 0. The second-order valence-corrected chi connectivity index (χ2v) is 5.64. The molecule has 4 heteroatoms. The highest BCUT2D eigenvalue weighted by molar-refractivity contribution is 5.42. The molecular formula is C17H22O4. The Morgan fingerprint density at radius 3 is 2.86 bits per heavy atom.